The Morgan fingerprint density at radius 2 is 2.33 bits per heavy atom. The maximum Gasteiger partial charge on any atom is 0.341 e. The van der Waals surface area contributed by atoms with Crippen molar-refractivity contribution in [3.63, 3.8) is 0 Å². The SMILES string of the molecule is CC/C=C(\SC)C(=O)O. The van der Waals surface area contributed by atoms with Crippen molar-refractivity contribution in [2.45, 2.75) is 13.3 Å². The van der Waals surface area contributed by atoms with Gasteiger partial charge in [-0.15, -0.1) is 11.8 Å². The van der Waals surface area contributed by atoms with E-state index in [0.29, 0.717) is 4.91 Å². The highest BCUT2D eigenvalue weighted by atomic mass is 32.2. The summed E-state index contributed by atoms with van der Waals surface area (Å²) in [5.41, 5.74) is 0. The monoisotopic (exact) mass is 146 g/mol. The van der Waals surface area contributed by atoms with Crippen molar-refractivity contribution in [3.8, 4) is 0 Å². The van der Waals surface area contributed by atoms with Crippen LogP contribution < -0.4 is 0 Å². The minimum Gasteiger partial charge on any atom is -0.477 e. The van der Waals surface area contributed by atoms with E-state index in [1.807, 2.05) is 6.92 Å². The van der Waals surface area contributed by atoms with Crippen LogP contribution in [0, 0.1) is 0 Å². The summed E-state index contributed by atoms with van der Waals surface area (Å²) in [6.45, 7) is 1.92. The van der Waals surface area contributed by atoms with E-state index < -0.39 is 5.97 Å². The Bertz CT molecular complexity index is 129. The average Bonchev–Trinajstić information content (AvgIpc) is 1.82. The molecule has 9 heavy (non-hydrogen) atoms. The molecule has 0 aromatic carbocycles. The van der Waals surface area contributed by atoms with E-state index in [-0.39, 0.29) is 0 Å². The number of carboxylic acid groups (broad SMARTS) is 1. The molecule has 0 aliphatic heterocycles. The fourth-order valence-electron chi connectivity index (χ4n) is 0.443. The van der Waals surface area contributed by atoms with E-state index in [1.54, 1.807) is 12.3 Å². The molecule has 2 nitrogen and oxygen atoms in total. The smallest absolute Gasteiger partial charge is 0.341 e. The Kier molecular flexibility index (Phi) is 4.22. The average molecular weight is 146 g/mol. The van der Waals surface area contributed by atoms with Gasteiger partial charge >= 0.3 is 5.97 Å². The van der Waals surface area contributed by atoms with Crippen LogP contribution in [0.5, 0.6) is 0 Å². The Balaban J connectivity index is 3.98. The zero-order valence-corrected chi connectivity index (χ0v) is 6.36. The van der Waals surface area contributed by atoms with Crippen molar-refractivity contribution >= 4 is 17.7 Å². The molecule has 0 heterocycles. The Morgan fingerprint density at radius 1 is 1.78 bits per heavy atom. The lowest BCUT2D eigenvalue weighted by Gasteiger charge is -1.92. The number of thioether (sulfide) groups is 1. The Morgan fingerprint density at radius 3 is 2.44 bits per heavy atom. The molecule has 0 fully saturated rings. The summed E-state index contributed by atoms with van der Waals surface area (Å²) >= 11 is 1.26. The third kappa shape index (κ3) is 3.19. The van der Waals surface area contributed by atoms with E-state index in [2.05, 4.69) is 0 Å². The molecular weight excluding hydrogens is 136 g/mol. The van der Waals surface area contributed by atoms with Crippen molar-refractivity contribution in [2.24, 2.45) is 0 Å². The second-order valence-corrected chi connectivity index (χ2v) is 2.33. The van der Waals surface area contributed by atoms with Gasteiger partial charge in [0, 0.05) is 0 Å². The highest BCUT2D eigenvalue weighted by Gasteiger charge is 2.01. The molecule has 0 saturated carbocycles. The molecule has 1 N–H and O–H groups in total. The maximum absolute atomic E-state index is 10.2. The van der Waals surface area contributed by atoms with Crippen LogP contribution >= 0.6 is 11.8 Å². The van der Waals surface area contributed by atoms with Gasteiger partial charge in [0.25, 0.3) is 0 Å². The second kappa shape index (κ2) is 4.44. The number of hydrogen-bond donors (Lipinski definition) is 1. The normalized spacial score (nSPS) is 11.6. The highest BCUT2D eigenvalue weighted by molar-refractivity contribution is 8.03. The first-order valence-electron chi connectivity index (χ1n) is 2.69. The lowest BCUT2D eigenvalue weighted by atomic mass is 10.4. The van der Waals surface area contributed by atoms with Gasteiger partial charge in [-0.1, -0.05) is 13.0 Å². The van der Waals surface area contributed by atoms with Gasteiger partial charge in [-0.05, 0) is 12.7 Å². The van der Waals surface area contributed by atoms with Gasteiger partial charge in [-0.25, -0.2) is 4.79 Å². The van der Waals surface area contributed by atoms with Gasteiger partial charge in [-0.2, -0.15) is 0 Å². The number of carboxylic acids is 1. The fraction of sp³-hybridized carbons (Fsp3) is 0.500. The third-order valence-electron chi connectivity index (χ3n) is 0.820. The van der Waals surface area contributed by atoms with Crippen LogP contribution in [0.3, 0.4) is 0 Å². The van der Waals surface area contributed by atoms with Crippen molar-refractivity contribution < 1.29 is 9.90 Å². The Labute approximate surface area is 59.0 Å². The number of hydrogen-bond acceptors (Lipinski definition) is 2. The zero-order chi connectivity index (χ0) is 7.28. The summed E-state index contributed by atoms with van der Waals surface area (Å²) in [5.74, 6) is -0.829. The van der Waals surface area contributed by atoms with Crippen molar-refractivity contribution in [1.29, 1.82) is 0 Å². The molecule has 0 amide bonds. The van der Waals surface area contributed by atoms with E-state index in [4.69, 9.17) is 5.11 Å². The predicted octanol–water partition coefficient (Wildman–Crippen LogP) is 1.73. The third-order valence-corrected chi connectivity index (χ3v) is 1.60. The molecule has 0 unspecified atom stereocenters. The molecule has 0 aromatic rings. The molecule has 0 aliphatic rings. The van der Waals surface area contributed by atoms with Crippen LogP contribution in [0.2, 0.25) is 0 Å². The number of carbonyl (C=O) groups is 1. The van der Waals surface area contributed by atoms with Crippen molar-refractivity contribution in [2.75, 3.05) is 6.26 Å². The number of rotatable bonds is 3. The summed E-state index contributed by atoms with van der Waals surface area (Å²) in [4.78, 5) is 10.7. The van der Waals surface area contributed by atoms with Crippen LogP contribution in [0.1, 0.15) is 13.3 Å². The lowest BCUT2D eigenvalue weighted by Crippen LogP contribution is -1.95. The van der Waals surface area contributed by atoms with Gasteiger partial charge in [0.15, 0.2) is 0 Å². The van der Waals surface area contributed by atoms with Crippen LogP contribution in [0.15, 0.2) is 11.0 Å². The molecule has 0 spiro atoms. The molecule has 0 aromatic heterocycles. The lowest BCUT2D eigenvalue weighted by molar-refractivity contribution is -0.131. The van der Waals surface area contributed by atoms with E-state index in [9.17, 15) is 4.79 Å². The topological polar surface area (TPSA) is 37.3 Å². The molecule has 0 bridgehead atoms. The summed E-state index contributed by atoms with van der Waals surface area (Å²) in [6, 6.07) is 0. The van der Waals surface area contributed by atoms with E-state index >= 15 is 0 Å². The van der Waals surface area contributed by atoms with Gasteiger partial charge in [-0.3, -0.25) is 0 Å². The summed E-state index contributed by atoms with van der Waals surface area (Å²) in [6.07, 6.45) is 4.24. The Hall–Kier alpha value is -0.440. The predicted molar refractivity (Wildman–Crippen MR) is 39.5 cm³/mol. The summed E-state index contributed by atoms with van der Waals surface area (Å²) < 4.78 is 0. The van der Waals surface area contributed by atoms with Crippen LogP contribution in [-0.2, 0) is 4.79 Å². The van der Waals surface area contributed by atoms with E-state index in [1.165, 1.54) is 11.8 Å². The fourth-order valence-corrected chi connectivity index (χ4v) is 0.951. The van der Waals surface area contributed by atoms with Crippen LogP contribution in [0.25, 0.3) is 0 Å². The first kappa shape index (κ1) is 8.56. The number of allylic oxidation sites excluding steroid dienone is 1. The van der Waals surface area contributed by atoms with Crippen LogP contribution in [-0.4, -0.2) is 17.3 Å². The number of aliphatic carboxylic acids is 1. The van der Waals surface area contributed by atoms with Gasteiger partial charge in [0.05, 0.1) is 4.91 Å². The zero-order valence-electron chi connectivity index (χ0n) is 5.55. The maximum atomic E-state index is 10.2. The largest absolute Gasteiger partial charge is 0.477 e. The first-order chi connectivity index (χ1) is 4.22. The highest BCUT2D eigenvalue weighted by Crippen LogP contribution is 2.11. The molecule has 0 rings (SSSR count). The minimum atomic E-state index is -0.829. The summed E-state index contributed by atoms with van der Waals surface area (Å²) in [5, 5.41) is 8.42. The van der Waals surface area contributed by atoms with Crippen molar-refractivity contribution in [1.82, 2.24) is 0 Å². The molecule has 52 valence electrons. The standard InChI is InChI=1S/C6H10O2S/c1-3-4-5(9-2)6(7)8/h4H,3H2,1-2H3,(H,7,8)/b5-4-. The van der Waals surface area contributed by atoms with Crippen molar-refractivity contribution in [3.05, 3.63) is 11.0 Å². The summed E-state index contributed by atoms with van der Waals surface area (Å²) in [7, 11) is 0. The molecule has 0 aliphatic carbocycles. The van der Waals surface area contributed by atoms with Gasteiger partial charge < -0.3 is 5.11 Å². The first-order valence-corrected chi connectivity index (χ1v) is 3.92. The minimum absolute atomic E-state index is 0.428. The molecular formula is C6H10O2S. The van der Waals surface area contributed by atoms with E-state index in [0.717, 1.165) is 6.42 Å². The molecule has 0 atom stereocenters. The quantitative estimate of drug-likeness (QED) is 0.616. The molecule has 0 saturated heterocycles. The molecule has 0 radical (unpaired) electrons. The second-order valence-electron chi connectivity index (χ2n) is 1.49. The van der Waals surface area contributed by atoms with Gasteiger partial charge in [0.2, 0.25) is 0 Å². The molecule has 3 heteroatoms. The van der Waals surface area contributed by atoms with Crippen LogP contribution in [0.4, 0.5) is 0 Å². The van der Waals surface area contributed by atoms with Gasteiger partial charge in [0.1, 0.15) is 0 Å².